The quantitative estimate of drug-likeness (QED) is 0.722. The molecule has 0 bridgehead atoms. The minimum Gasteiger partial charge on any atom is -0.465 e. The minimum absolute atomic E-state index is 0.00608. The van der Waals surface area contributed by atoms with Crippen molar-refractivity contribution in [3.63, 3.8) is 0 Å². The van der Waals surface area contributed by atoms with Crippen molar-refractivity contribution in [2.24, 2.45) is 0 Å². The molecule has 0 unspecified atom stereocenters. The summed E-state index contributed by atoms with van der Waals surface area (Å²) in [5, 5.41) is 0. The van der Waals surface area contributed by atoms with Gasteiger partial charge in [0.1, 0.15) is 0 Å². The summed E-state index contributed by atoms with van der Waals surface area (Å²) >= 11 is 0. The fourth-order valence-corrected chi connectivity index (χ4v) is 2.10. The number of hydrogen-bond donors (Lipinski definition) is 0. The number of carbonyl (C=O) groups excluding carboxylic acids is 1. The number of ether oxygens (including phenoxy) is 1. The highest BCUT2D eigenvalue weighted by molar-refractivity contribution is 5.71. The van der Waals surface area contributed by atoms with E-state index in [0.717, 1.165) is 12.5 Å². The number of nitrogens with zero attached hydrogens (tertiary/aromatic N) is 1. The molecule has 1 aromatic carbocycles. The van der Waals surface area contributed by atoms with Crippen LogP contribution >= 0.6 is 0 Å². The van der Waals surface area contributed by atoms with Gasteiger partial charge < -0.3 is 4.74 Å². The van der Waals surface area contributed by atoms with Crippen LogP contribution in [0.4, 0.5) is 13.2 Å². The maximum absolute atomic E-state index is 13.0. The summed E-state index contributed by atoms with van der Waals surface area (Å²) in [5.74, 6) is -0.421. The Balaban J connectivity index is 2.86. The molecule has 0 fully saturated rings. The van der Waals surface area contributed by atoms with Gasteiger partial charge in [-0.05, 0) is 31.5 Å². The molecule has 0 N–H and O–H groups in total. The van der Waals surface area contributed by atoms with E-state index >= 15 is 0 Å². The van der Waals surface area contributed by atoms with Gasteiger partial charge in [0.25, 0.3) is 0 Å². The molecule has 0 atom stereocenters. The summed E-state index contributed by atoms with van der Waals surface area (Å²) in [5.41, 5.74) is -0.488. The molecular formula is C15H20F3NO2. The van der Waals surface area contributed by atoms with Crippen molar-refractivity contribution in [3.8, 4) is 0 Å². The topological polar surface area (TPSA) is 29.5 Å². The third-order valence-corrected chi connectivity index (χ3v) is 2.91. The Kier molecular flexibility index (Phi) is 6.68. The molecule has 0 aliphatic rings. The Hall–Kier alpha value is -1.56. The van der Waals surface area contributed by atoms with Crippen LogP contribution in [-0.4, -0.2) is 30.6 Å². The molecule has 118 valence electrons. The maximum Gasteiger partial charge on any atom is 0.416 e. The zero-order chi connectivity index (χ0) is 15.9. The maximum atomic E-state index is 13.0. The molecule has 6 heteroatoms. The van der Waals surface area contributed by atoms with Gasteiger partial charge in [0, 0.05) is 6.54 Å². The number of hydrogen-bond acceptors (Lipinski definition) is 3. The molecule has 21 heavy (non-hydrogen) atoms. The molecule has 0 saturated heterocycles. The van der Waals surface area contributed by atoms with Gasteiger partial charge in [0.2, 0.25) is 0 Å². The number of halogens is 3. The van der Waals surface area contributed by atoms with E-state index < -0.39 is 17.7 Å². The highest BCUT2D eigenvalue weighted by Crippen LogP contribution is 2.32. The van der Waals surface area contributed by atoms with Crippen molar-refractivity contribution in [2.75, 3.05) is 19.7 Å². The molecular weight excluding hydrogens is 283 g/mol. The lowest BCUT2D eigenvalue weighted by Crippen LogP contribution is -2.32. The first-order valence-electron chi connectivity index (χ1n) is 6.91. The van der Waals surface area contributed by atoms with Gasteiger partial charge >= 0.3 is 12.1 Å². The van der Waals surface area contributed by atoms with E-state index in [9.17, 15) is 18.0 Å². The average molecular weight is 303 g/mol. The van der Waals surface area contributed by atoms with Gasteiger partial charge in [0.15, 0.2) is 0 Å². The van der Waals surface area contributed by atoms with Crippen molar-refractivity contribution in [1.29, 1.82) is 0 Å². The lowest BCUT2D eigenvalue weighted by Gasteiger charge is -2.22. The van der Waals surface area contributed by atoms with Crippen molar-refractivity contribution >= 4 is 5.97 Å². The van der Waals surface area contributed by atoms with Crippen LogP contribution in [0.15, 0.2) is 24.3 Å². The second-order valence-corrected chi connectivity index (χ2v) is 4.67. The Morgan fingerprint density at radius 1 is 1.24 bits per heavy atom. The zero-order valence-electron chi connectivity index (χ0n) is 12.2. The molecule has 0 spiro atoms. The Labute approximate surface area is 122 Å². The predicted octanol–water partition coefficient (Wildman–Crippen LogP) is 3.48. The van der Waals surface area contributed by atoms with Crippen molar-refractivity contribution in [2.45, 2.75) is 33.0 Å². The summed E-state index contributed by atoms with van der Waals surface area (Å²) in [4.78, 5) is 13.2. The van der Waals surface area contributed by atoms with E-state index in [1.807, 2.05) is 6.92 Å². The van der Waals surface area contributed by atoms with E-state index in [-0.39, 0.29) is 25.3 Å². The second kappa shape index (κ2) is 8.02. The summed E-state index contributed by atoms with van der Waals surface area (Å²) in [6.45, 7) is 4.47. The largest absolute Gasteiger partial charge is 0.465 e. The fourth-order valence-electron chi connectivity index (χ4n) is 2.10. The Bertz CT molecular complexity index is 460. The number of benzene rings is 1. The van der Waals surface area contributed by atoms with Crippen molar-refractivity contribution < 1.29 is 22.7 Å². The monoisotopic (exact) mass is 303 g/mol. The van der Waals surface area contributed by atoms with E-state index in [1.54, 1.807) is 17.9 Å². The van der Waals surface area contributed by atoms with Gasteiger partial charge in [-0.2, -0.15) is 13.2 Å². The SMILES string of the molecule is CCCN(CC(=O)OCC)Cc1ccccc1C(F)(F)F. The lowest BCUT2D eigenvalue weighted by atomic mass is 10.1. The highest BCUT2D eigenvalue weighted by Gasteiger charge is 2.33. The molecule has 0 heterocycles. The first kappa shape index (κ1) is 17.5. The third kappa shape index (κ3) is 5.75. The van der Waals surface area contributed by atoms with Gasteiger partial charge in [-0.15, -0.1) is 0 Å². The summed E-state index contributed by atoms with van der Waals surface area (Å²) < 4.78 is 43.7. The van der Waals surface area contributed by atoms with Crippen LogP contribution in [0, 0.1) is 0 Å². The smallest absolute Gasteiger partial charge is 0.416 e. The molecule has 1 aromatic rings. The number of carbonyl (C=O) groups is 1. The molecule has 0 aromatic heterocycles. The van der Waals surface area contributed by atoms with Gasteiger partial charge in [0.05, 0.1) is 18.7 Å². The van der Waals surface area contributed by atoms with Gasteiger partial charge in [-0.1, -0.05) is 25.1 Å². The van der Waals surface area contributed by atoms with Gasteiger partial charge in [-0.25, -0.2) is 0 Å². The molecule has 1 rings (SSSR count). The summed E-state index contributed by atoms with van der Waals surface area (Å²) in [6.07, 6.45) is -3.65. The van der Waals surface area contributed by atoms with Crippen LogP contribution < -0.4 is 0 Å². The van der Waals surface area contributed by atoms with Crippen LogP contribution in [0.2, 0.25) is 0 Å². The molecule has 0 aliphatic heterocycles. The second-order valence-electron chi connectivity index (χ2n) is 4.67. The van der Waals surface area contributed by atoms with Crippen LogP contribution in [0.5, 0.6) is 0 Å². The van der Waals surface area contributed by atoms with E-state index in [0.29, 0.717) is 6.54 Å². The van der Waals surface area contributed by atoms with Gasteiger partial charge in [-0.3, -0.25) is 9.69 Å². The first-order chi connectivity index (χ1) is 9.88. The van der Waals surface area contributed by atoms with Crippen LogP contribution in [-0.2, 0) is 22.3 Å². The average Bonchev–Trinajstić information content (AvgIpc) is 2.38. The Morgan fingerprint density at radius 3 is 2.48 bits per heavy atom. The standard InChI is InChI=1S/C15H20F3NO2/c1-3-9-19(11-14(20)21-4-2)10-12-7-5-6-8-13(12)15(16,17)18/h5-8H,3-4,9-11H2,1-2H3. The Morgan fingerprint density at radius 2 is 1.90 bits per heavy atom. The van der Waals surface area contributed by atoms with Crippen LogP contribution in [0.25, 0.3) is 0 Å². The molecule has 0 aliphatic carbocycles. The summed E-state index contributed by atoms with van der Waals surface area (Å²) in [7, 11) is 0. The molecule has 0 radical (unpaired) electrons. The highest BCUT2D eigenvalue weighted by atomic mass is 19.4. The predicted molar refractivity (Wildman–Crippen MR) is 73.6 cm³/mol. The number of rotatable bonds is 7. The zero-order valence-corrected chi connectivity index (χ0v) is 12.2. The van der Waals surface area contributed by atoms with Crippen LogP contribution in [0.3, 0.4) is 0 Å². The lowest BCUT2D eigenvalue weighted by molar-refractivity contribution is -0.144. The fraction of sp³-hybridized carbons (Fsp3) is 0.533. The normalized spacial score (nSPS) is 11.7. The van der Waals surface area contributed by atoms with Crippen molar-refractivity contribution in [1.82, 2.24) is 4.90 Å². The number of esters is 1. The minimum atomic E-state index is -4.39. The number of alkyl halides is 3. The molecule has 3 nitrogen and oxygen atoms in total. The van der Waals surface area contributed by atoms with Crippen LogP contribution in [0.1, 0.15) is 31.4 Å². The molecule has 0 amide bonds. The summed E-state index contributed by atoms with van der Waals surface area (Å²) in [6, 6.07) is 5.43. The van der Waals surface area contributed by atoms with E-state index in [4.69, 9.17) is 4.74 Å². The van der Waals surface area contributed by atoms with Crippen molar-refractivity contribution in [3.05, 3.63) is 35.4 Å². The molecule has 0 saturated carbocycles. The first-order valence-corrected chi connectivity index (χ1v) is 6.91. The van der Waals surface area contributed by atoms with E-state index in [2.05, 4.69) is 0 Å². The van der Waals surface area contributed by atoms with E-state index in [1.165, 1.54) is 12.1 Å². The third-order valence-electron chi connectivity index (χ3n) is 2.91.